The lowest BCUT2D eigenvalue weighted by Gasteiger charge is -2.30. The molecule has 0 fully saturated rings. The summed E-state index contributed by atoms with van der Waals surface area (Å²) < 4.78 is 66.6. The Morgan fingerprint density at radius 2 is 1.06 bits per heavy atom. The number of carbonyl (C=O) groups is 4. The maximum absolute atomic E-state index is 15.7. The van der Waals surface area contributed by atoms with Crippen LogP contribution in [0.4, 0.5) is 17.3 Å². The SMILES string of the molecule is Cc1cc(C)n2c1C=C1C=CC(CCC(=O)N[C@@H](CSSC[C@H](NC(=O)CCC3=[N+]4C(=Cc5c(C)cc(C)n5[B-]4(F)F)C=C3)C(=O)O)C(=O)O)=[N+]1[B-]2(F)F. The number of hydrogen-bond donors (Lipinski definition) is 4. The number of nitrogens with one attached hydrogen (secondary N) is 2. The monoisotopic (exact) mass is 788 g/mol. The number of carboxylic acid groups (broad SMARTS) is 2. The van der Waals surface area contributed by atoms with Crippen LogP contribution in [0, 0.1) is 27.7 Å². The molecule has 6 rings (SSSR count). The van der Waals surface area contributed by atoms with E-state index in [1.807, 2.05) is 0 Å². The number of carboxylic acids is 2. The number of aromatic nitrogens is 2. The molecule has 0 saturated carbocycles. The highest BCUT2D eigenvalue weighted by molar-refractivity contribution is 8.76. The molecule has 0 unspecified atom stereocenters. The Morgan fingerprint density at radius 3 is 1.41 bits per heavy atom. The summed E-state index contributed by atoms with van der Waals surface area (Å²) in [5.41, 5.74) is 4.17. The van der Waals surface area contributed by atoms with Crippen molar-refractivity contribution in [2.24, 2.45) is 0 Å². The van der Waals surface area contributed by atoms with Crippen LogP contribution in [0.15, 0.2) is 47.8 Å². The molecule has 0 spiro atoms. The Hall–Kier alpha value is -4.71. The van der Waals surface area contributed by atoms with Crippen LogP contribution in [-0.4, -0.2) is 101 Å². The van der Waals surface area contributed by atoms with Crippen LogP contribution in [-0.2, 0) is 19.2 Å². The van der Waals surface area contributed by atoms with Gasteiger partial charge in [-0.1, -0.05) is 21.6 Å². The first kappa shape index (κ1) is 39.0. The van der Waals surface area contributed by atoms with Crippen LogP contribution < -0.4 is 10.6 Å². The Kier molecular flexibility index (Phi) is 10.7. The van der Waals surface area contributed by atoms with Crippen molar-refractivity contribution in [1.29, 1.82) is 0 Å². The Balaban J connectivity index is 0.979. The first-order chi connectivity index (χ1) is 25.4. The summed E-state index contributed by atoms with van der Waals surface area (Å²) in [6, 6.07) is 0.653. The van der Waals surface area contributed by atoms with Gasteiger partial charge < -0.3 is 56.0 Å². The maximum Gasteiger partial charge on any atom is 0.737 e. The van der Waals surface area contributed by atoms with E-state index in [9.17, 15) is 29.4 Å². The fourth-order valence-corrected chi connectivity index (χ4v) is 9.70. The standard InChI is InChI=1S/C34H38B2F4N6O6S2/c1-19-13-21(3)43-29(19)15-25-7-5-23(45(25)35(43,37)38)9-11-31(47)41-27(33(49)50)17-53-54-18-28(34(51)52)42-32(48)12-10-24-6-8-26-16-30-20(2)14-22(4)44(30)36(39,40)46(24)26/h5-8,13-16,27-28H,9-12,17-18H2,1-4H3,(H,41,47)(H,42,48)(H,49,50)(H,51,52)/t27-,28-/m0/s1. The van der Waals surface area contributed by atoms with Gasteiger partial charge in [-0.2, -0.15) is 0 Å². The van der Waals surface area contributed by atoms with Crippen LogP contribution >= 0.6 is 21.6 Å². The molecule has 20 heteroatoms. The zero-order valence-corrected chi connectivity index (χ0v) is 31.4. The second kappa shape index (κ2) is 14.8. The Labute approximate surface area is 315 Å². The number of fused-ring (bicyclic) bond motifs is 4. The van der Waals surface area contributed by atoms with E-state index in [0.717, 1.165) is 50.6 Å². The van der Waals surface area contributed by atoms with Crippen molar-refractivity contribution in [3.05, 3.63) is 81.7 Å². The van der Waals surface area contributed by atoms with Gasteiger partial charge in [0.2, 0.25) is 11.8 Å². The number of halogens is 4. The minimum absolute atomic E-state index is 0.0674. The van der Waals surface area contributed by atoms with E-state index in [1.165, 1.54) is 12.2 Å². The fraction of sp³-hybridized carbons (Fsp3) is 0.353. The summed E-state index contributed by atoms with van der Waals surface area (Å²) >= 11 is 0. The molecule has 4 N–H and O–H groups in total. The van der Waals surface area contributed by atoms with Crippen LogP contribution in [0.3, 0.4) is 0 Å². The molecule has 0 aliphatic carbocycles. The van der Waals surface area contributed by atoms with Gasteiger partial charge in [0.1, 0.15) is 23.5 Å². The zero-order valence-electron chi connectivity index (χ0n) is 29.8. The molecule has 4 aliphatic heterocycles. The van der Waals surface area contributed by atoms with Gasteiger partial charge in [-0.05, 0) is 62.3 Å². The van der Waals surface area contributed by atoms with Gasteiger partial charge in [-0.25, -0.2) is 9.59 Å². The van der Waals surface area contributed by atoms with Crippen molar-refractivity contribution in [3.63, 3.8) is 0 Å². The number of nitrogens with zero attached hydrogens (tertiary/aromatic N) is 4. The van der Waals surface area contributed by atoms with Crippen molar-refractivity contribution in [2.45, 2.75) is 65.5 Å². The molecule has 2 amide bonds. The van der Waals surface area contributed by atoms with Gasteiger partial charge in [0.05, 0.1) is 0 Å². The summed E-state index contributed by atoms with van der Waals surface area (Å²) in [6.45, 7) is -1.70. The normalized spacial score (nSPS) is 18.4. The number of aryl methyl sites for hydroxylation is 4. The molecule has 0 bridgehead atoms. The molecule has 0 radical (unpaired) electrons. The molecule has 0 saturated heterocycles. The Morgan fingerprint density at radius 1 is 0.685 bits per heavy atom. The highest BCUT2D eigenvalue weighted by Crippen LogP contribution is 2.36. The van der Waals surface area contributed by atoms with Crippen molar-refractivity contribution in [1.82, 2.24) is 19.6 Å². The Bertz CT molecular complexity index is 2020. The van der Waals surface area contributed by atoms with Gasteiger partial charge in [0.25, 0.3) is 0 Å². The second-order valence-electron chi connectivity index (χ2n) is 13.6. The summed E-state index contributed by atoms with van der Waals surface area (Å²) in [5, 5.41) is 24.2. The summed E-state index contributed by atoms with van der Waals surface area (Å²) in [7, 11) is 1.94. The van der Waals surface area contributed by atoms with Gasteiger partial charge in [0, 0.05) is 85.0 Å². The lowest BCUT2D eigenvalue weighted by atomic mass is 9.90. The minimum Gasteiger partial charge on any atom is -0.480 e. The van der Waals surface area contributed by atoms with Crippen molar-refractivity contribution in [2.75, 3.05) is 11.5 Å². The molecule has 6 heterocycles. The molecule has 2 atom stereocenters. The van der Waals surface area contributed by atoms with Crippen molar-refractivity contribution < 1.29 is 55.6 Å². The van der Waals surface area contributed by atoms with Gasteiger partial charge in [0.15, 0.2) is 11.4 Å². The van der Waals surface area contributed by atoms with Gasteiger partial charge in [-0.3, -0.25) is 9.59 Å². The molecular formula is C34H38B2F4N6O6S2. The fourth-order valence-electron chi connectivity index (χ4n) is 7.39. The number of amides is 2. The van der Waals surface area contributed by atoms with E-state index in [1.54, 1.807) is 64.1 Å². The first-order valence-corrected chi connectivity index (χ1v) is 19.7. The topological polar surface area (TPSA) is 149 Å². The largest absolute Gasteiger partial charge is 0.737 e. The number of hydrogen-bond acceptors (Lipinski definition) is 6. The number of carbonyl (C=O) groups excluding carboxylic acids is 2. The number of aliphatic carboxylic acids is 2. The number of allylic oxidation sites excluding steroid dienone is 4. The molecule has 4 aliphatic rings. The summed E-state index contributed by atoms with van der Waals surface area (Å²) in [5.74, 6) is -4.33. The van der Waals surface area contributed by atoms with E-state index >= 15 is 17.3 Å². The van der Waals surface area contributed by atoms with E-state index < -0.39 is 49.8 Å². The van der Waals surface area contributed by atoms with Gasteiger partial charge >= 0.3 is 25.9 Å². The molecule has 2 aromatic heterocycles. The third-order valence-electron chi connectivity index (χ3n) is 9.85. The highest BCUT2D eigenvalue weighted by Gasteiger charge is 2.53. The van der Waals surface area contributed by atoms with Crippen LogP contribution in [0.25, 0.3) is 12.2 Å². The molecule has 12 nitrogen and oxygen atoms in total. The van der Waals surface area contributed by atoms with Crippen LogP contribution in [0.1, 0.15) is 59.6 Å². The average Bonchev–Trinajstić information content (AvgIpc) is 3.84. The second-order valence-corrected chi connectivity index (χ2v) is 16.2. The predicted octanol–water partition coefficient (Wildman–Crippen LogP) is 4.51. The van der Waals surface area contributed by atoms with E-state index in [2.05, 4.69) is 10.6 Å². The highest BCUT2D eigenvalue weighted by atomic mass is 33.1. The quantitative estimate of drug-likeness (QED) is 0.0893. The maximum atomic E-state index is 15.7. The van der Waals surface area contributed by atoms with E-state index in [0.29, 0.717) is 34.2 Å². The third-order valence-corrected chi connectivity index (χ3v) is 12.3. The first-order valence-electron chi connectivity index (χ1n) is 17.2. The smallest absolute Gasteiger partial charge is 0.480 e. The number of rotatable bonds is 15. The molecular weight excluding hydrogens is 750 g/mol. The predicted molar refractivity (Wildman–Crippen MR) is 202 cm³/mol. The van der Waals surface area contributed by atoms with E-state index in [4.69, 9.17) is 0 Å². The molecule has 0 aromatic carbocycles. The van der Waals surface area contributed by atoms with Gasteiger partial charge in [-0.15, -0.1) is 0 Å². The van der Waals surface area contributed by atoms with E-state index in [-0.39, 0.29) is 48.6 Å². The molecule has 286 valence electrons. The third kappa shape index (κ3) is 7.24. The molecule has 54 heavy (non-hydrogen) atoms. The average molecular weight is 788 g/mol. The zero-order chi connectivity index (χ0) is 39.3. The lowest BCUT2D eigenvalue weighted by Crippen LogP contribution is -2.50. The van der Waals surface area contributed by atoms with Crippen LogP contribution in [0.2, 0.25) is 0 Å². The van der Waals surface area contributed by atoms with Crippen molar-refractivity contribution >= 4 is 82.9 Å². The summed E-state index contributed by atoms with van der Waals surface area (Å²) in [4.78, 5) is 49.3. The lowest BCUT2D eigenvalue weighted by molar-refractivity contribution is -0.363. The summed E-state index contributed by atoms with van der Waals surface area (Å²) in [6.07, 6.45) is 8.86. The molecule has 2 aromatic rings. The minimum atomic E-state index is -4.21. The van der Waals surface area contributed by atoms with Crippen molar-refractivity contribution in [3.8, 4) is 0 Å². The van der Waals surface area contributed by atoms with Crippen LogP contribution in [0.5, 0.6) is 0 Å².